The van der Waals surface area contributed by atoms with Gasteiger partial charge < -0.3 is 19.5 Å². The van der Waals surface area contributed by atoms with Crippen molar-refractivity contribution in [3.8, 4) is 0 Å². The molecule has 0 saturated heterocycles. The standard InChI is InChI=1S/C11H17N3O4/c1-14(3-5-18-6-4-15)10-8-12-9(7-13-10)11(16)17-2/h7-8,15H,3-6H2,1-2H3. The molecule has 7 nitrogen and oxygen atoms in total. The van der Waals surface area contributed by atoms with Crippen LogP contribution in [0.5, 0.6) is 0 Å². The Kier molecular flexibility index (Phi) is 6.03. The number of esters is 1. The van der Waals surface area contributed by atoms with Crippen LogP contribution in [0.2, 0.25) is 0 Å². The van der Waals surface area contributed by atoms with E-state index < -0.39 is 5.97 Å². The second-order valence-corrected chi connectivity index (χ2v) is 3.51. The summed E-state index contributed by atoms with van der Waals surface area (Å²) in [6.45, 7) is 1.43. The van der Waals surface area contributed by atoms with Crippen molar-refractivity contribution in [1.82, 2.24) is 9.97 Å². The molecule has 0 aliphatic carbocycles. The summed E-state index contributed by atoms with van der Waals surface area (Å²) < 4.78 is 9.67. The van der Waals surface area contributed by atoms with Gasteiger partial charge in [-0.15, -0.1) is 0 Å². The minimum absolute atomic E-state index is 0.0113. The lowest BCUT2D eigenvalue weighted by Gasteiger charge is -2.17. The summed E-state index contributed by atoms with van der Waals surface area (Å²) in [5.74, 6) is 0.123. The van der Waals surface area contributed by atoms with Crippen molar-refractivity contribution in [3.05, 3.63) is 18.1 Å². The third-order valence-corrected chi connectivity index (χ3v) is 2.23. The van der Waals surface area contributed by atoms with Gasteiger partial charge in [-0.25, -0.2) is 14.8 Å². The fourth-order valence-electron chi connectivity index (χ4n) is 1.21. The van der Waals surface area contributed by atoms with E-state index in [0.29, 0.717) is 25.6 Å². The SMILES string of the molecule is COC(=O)c1cnc(N(C)CCOCCO)cn1. The van der Waals surface area contributed by atoms with E-state index in [1.807, 2.05) is 11.9 Å². The van der Waals surface area contributed by atoms with Gasteiger partial charge in [-0.2, -0.15) is 0 Å². The molecule has 7 heteroatoms. The van der Waals surface area contributed by atoms with Gasteiger partial charge in [0.1, 0.15) is 5.82 Å². The Morgan fingerprint density at radius 1 is 1.39 bits per heavy atom. The Bertz CT molecular complexity index is 369. The maximum Gasteiger partial charge on any atom is 0.358 e. The first-order valence-electron chi connectivity index (χ1n) is 5.49. The zero-order chi connectivity index (χ0) is 13.4. The summed E-state index contributed by atoms with van der Waals surface area (Å²) in [7, 11) is 3.13. The quantitative estimate of drug-likeness (QED) is 0.529. The number of rotatable bonds is 7. The molecule has 0 fully saturated rings. The van der Waals surface area contributed by atoms with Crippen molar-refractivity contribution < 1.29 is 19.4 Å². The monoisotopic (exact) mass is 255 g/mol. The second kappa shape index (κ2) is 7.57. The van der Waals surface area contributed by atoms with Crippen molar-refractivity contribution in [2.75, 3.05) is 45.4 Å². The molecule has 1 heterocycles. The average molecular weight is 255 g/mol. The van der Waals surface area contributed by atoms with Crippen LogP contribution in [0.15, 0.2) is 12.4 Å². The third kappa shape index (κ3) is 4.27. The van der Waals surface area contributed by atoms with Crippen LogP contribution >= 0.6 is 0 Å². The summed E-state index contributed by atoms with van der Waals surface area (Å²) in [5.41, 5.74) is 0.172. The van der Waals surface area contributed by atoms with Gasteiger partial charge in [0.05, 0.1) is 39.3 Å². The summed E-state index contributed by atoms with van der Waals surface area (Å²) >= 11 is 0. The highest BCUT2D eigenvalue weighted by Crippen LogP contribution is 2.06. The number of aliphatic hydroxyl groups excluding tert-OH is 1. The van der Waals surface area contributed by atoms with Gasteiger partial charge >= 0.3 is 5.97 Å². The predicted octanol–water partition coefficient (Wildman–Crippen LogP) is -0.292. The number of anilines is 1. The molecule has 100 valence electrons. The predicted molar refractivity (Wildman–Crippen MR) is 64.5 cm³/mol. The smallest absolute Gasteiger partial charge is 0.358 e. The average Bonchev–Trinajstić information content (AvgIpc) is 2.42. The van der Waals surface area contributed by atoms with E-state index in [-0.39, 0.29) is 12.3 Å². The van der Waals surface area contributed by atoms with E-state index in [0.717, 1.165) is 0 Å². The highest BCUT2D eigenvalue weighted by Gasteiger charge is 2.09. The minimum atomic E-state index is -0.511. The lowest BCUT2D eigenvalue weighted by Crippen LogP contribution is -2.24. The molecule has 18 heavy (non-hydrogen) atoms. The first-order valence-corrected chi connectivity index (χ1v) is 5.49. The van der Waals surface area contributed by atoms with Gasteiger partial charge in [0.2, 0.25) is 0 Å². The number of carbonyl (C=O) groups excluding carboxylic acids is 1. The Balaban J connectivity index is 2.48. The molecule has 0 aliphatic heterocycles. The number of carbonyl (C=O) groups is 1. The maximum atomic E-state index is 11.2. The topological polar surface area (TPSA) is 84.8 Å². The Labute approximate surface area is 105 Å². The number of hydrogen-bond acceptors (Lipinski definition) is 7. The zero-order valence-electron chi connectivity index (χ0n) is 10.5. The van der Waals surface area contributed by atoms with E-state index in [1.165, 1.54) is 19.5 Å². The highest BCUT2D eigenvalue weighted by atomic mass is 16.5. The highest BCUT2D eigenvalue weighted by molar-refractivity contribution is 5.86. The fourth-order valence-corrected chi connectivity index (χ4v) is 1.21. The molecular formula is C11H17N3O4. The van der Waals surface area contributed by atoms with E-state index in [9.17, 15) is 4.79 Å². The van der Waals surface area contributed by atoms with E-state index in [4.69, 9.17) is 9.84 Å². The van der Waals surface area contributed by atoms with E-state index in [2.05, 4.69) is 14.7 Å². The minimum Gasteiger partial charge on any atom is -0.464 e. The number of aliphatic hydroxyl groups is 1. The molecule has 0 aliphatic rings. The molecule has 0 radical (unpaired) electrons. The molecular weight excluding hydrogens is 238 g/mol. The lowest BCUT2D eigenvalue weighted by atomic mass is 10.4. The summed E-state index contributed by atoms with van der Waals surface area (Å²) in [6, 6.07) is 0. The number of methoxy groups -OCH3 is 1. The molecule has 0 aromatic carbocycles. The van der Waals surface area contributed by atoms with Gasteiger partial charge in [0, 0.05) is 13.6 Å². The molecule has 1 aromatic heterocycles. The van der Waals surface area contributed by atoms with Crippen molar-refractivity contribution in [2.24, 2.45) is 0 Å². The van der Waals surface area contributed by atoms with Gasteiger partial charge in [-0.05, 0) is 0 Å². The van der Waals surface area contributed by atoms with Gasteiger partial charge in [-0.3, -0.25) is 0 Å². The molecule has 1 rings (SSSR count). The zero-order valence-corrected chi connectivity index (χ0v) is 10.5. The summed E-state index contributed by atoms with van der Waals surface area (Å²) in [5, 5.41) is 8.55. The van der Waals surface area contributed by atoms with Crippen LogP contribution in [0.1, 0.15) is 10.5 Å². The van der Waals surface area contributed by atoms with Crippen molar-refractivity contribution in [3.63, 3.8) is 0 Å². The summed E-state index contributed by atoms with van der Waals surface area (Å²) in [6.07, 6.45) is 2.87. The number of likely N-dealkylation sites (N-methyl/N-ethyl adjacent to an activating group) is 1. The van der Waals surface area contributed by atoms with Crippen LogP contribution in [0.25, 0.3) is 0 Å². The molecule has 0 saturated carbocycles. The molecule has 0 atom stereocenters. The van der Waals surface area contributed by atoms with Gasteiger partial charge in [0.15, 0.2) is 5.69 Å². The van der Waals surface area contributed by atoms with Crippen LogP contribution in [0.3, 0.4) is 0 Å². The number of nitrogens with zero attached hydrogens (tertiary/aromatic N) is 3. The Morgan fingerprint density at radius 3 is 2.72 bits per heavy atom. The fraction of sp³-hybridized carbons (Fsp3) is 0.545. The van der Waals surface area contributed by atoms with Crippen LogP contribution in [0.4, 0.5) is 5.82 Å². The van der Waals surface area contributed by atoms with Crippen molar-refractivity contribution in [2.45, 2.75) is 0 Å². The van der Waals surface area contributed by atoms with Crippen LogP contribution < -0.4 is 4.90 Å². The van der Waals surface area contributed by atoms with Crippen LogP contribution in [-0.2, 0) is 9.47 Å². The van der Waals surface area contributed by atoms with Crippen LogP contribution in [-0.4, -0.2) is 61.6 Å². The largest absolute Gasteiger partial charge is 0.464 e. The molecule has 0 bridgehead atoms. The third-order valence-electron chi connectivity index (χ3n) is 2.23. The van der Waals surface area contributed by atoms with Gasteiger partial charge in [0.25, 0.3) is 0 Å². The molecule has 1 N–H and O–H groups in total. The number of hydrogen-bond donors (Lipinski definition) is 1. The molecule has 0 spiro atoms. The van der Waals surface area contributed by atoms with Crippen molar-refractivity contribution in [1.29, 1.82) is 0 Å². The molecule has 0 unspecified atom stereocenters. The normalized spacial score (nSPS) is 10.2. The first kappa shape index (κ1) is 14.3. The Morgan fingerprint density at radius 2 is 2.17 bits per heavy atom. The molecule has 1 aromatic rings. The number of ether oxygens (including phenoxy) is 2. The maximum absolute atomic E-state index is 11.2. The van der Waals surface area contributed by atoms with E-state index >= 15 is 0 Å². The lowest BCUT2D eigenvalue weighted by molar-refractivity contribution is 0.0593. The van der Waals surface area contributed by atoms with Crippen LogP contribution in [0, 0.1) is 0 Å². The molecule has 0 amide bonds. The van der Waals surface area contributed by atoms with E-state index in [1.54, 1.807) is 0 Å². The Hall–Kier alpha value is -1.73. The summed E-state index contributed by atoms with van der Waals surface area (Å²) in [4.78, 5) is 21.1. The second-order valence-electron chi connectivity index (χ2n) is 3.51. The van der Waals surface area contributed by atoms with Crippen molar-refractivity contribution >= 4 is 11.8 Å². The number of aromatic nitrogens is 2. The van der Waals surface area contributed by atoms with Gasteiger partial charge in [-0.1, -0.05) is 0 Å². The first-order chi connectivity index (χ1) is 8.69.